The van der Waals surface area contributed by atoms with E-state index in [-0.39, 0.29) is 0 Å². The summed E-state index contributed by atoms with van der Waals surface area (Å²) < 4.78 is 1.95. The largest absolute Gasteiger partial charge is 0.373 e. The molecule has 0 spiro atoms. The van der Waals surface area contributed by atoms with Gasteiger partial charge in [-0.25, -0.2) is 9.50 Å². The van der Waals surface area contributed by atoms with Crippen molar-refractivity contribution in [3.8, 4) is 22.5 Å². The van der Waals surface area contributed by atoms with Crippen molar-refractivity contribution >= 4 is 11.5 Å². The Morgan fingerprint density at radius 3 is 2.50 bits per heavy atom. The molecule has 0 atom stereocenters. The molecule has 0 bridgehead atoms. The zero-order valence-corrected chi connectivity index (χ0v) is 18.3. The molecule has 0 saturated carbocycles. The van der Waals surface area contributed by atoms with Crippen molar-refractivity contribution in [1.29, 1.82) is 0 Å². The van der Waals surface area contributed by atoms with Gasteiger partial charge in [0.05, 0.1) is 5.69 Å². The van der Waals surface area contributed by atoms with Crippen LogP contribution in [-0.2, 0) is 12.8 Å². The Bertz CT molecular complexity index is 1370. The number of aromatic amines is 1. The average Bonchev–Trinajstić information content (AvgIpc) is 3.48. The van der Waals surface area contributed by atoms with E-state index >= 15 is 0 Å². The first-order valence-corrected chi connectivity index (χ1v) is 10.7. The lowest BCUT2D eigenvalue weighted by atomic mass is 9.96. The fourth-order valence-corrected chi connectivity index (χ4v) is 4.06. The number of tetrazole rings is 1. The van der Waals surface area contributed by atoms with E-state index in [2.05, 4.69) is 70.1 Å². The number of hydrogen-bond acceptors (Lipinski definition) is 6. The molecule has 2 N–H and O–H groups in total. The Morgan fingerprint density at radius 2 is 1.81 bits per heavy atom. The van der Waals surface area contributed by atoms with Gasteiger partial charge in [-0.05, 0) is 35.2 Å². The minimum absolute atomic E-state index is 0.588. The fourth-order valence-electron chi connectivity index (χ4n) is 4.06. The summed E-state index contributed by atoms with van der Waals surface area (Å²) in [5.74, 6) is 1.44. The summed E-state index contributed by atoms with van der Waals surface area (Å²) in [5, 5.41) is 22.5. The van der Waals surface area contributed by atoms with Crippen LogP contribution in [0.25, 0.3) is 28.2 Å². The number of anilines is 1. The molecule has 5 aromatic rings. The molecule has 32 heavy (non-hydrogen) atoms. The van der Waals surface area contributed by atoms with Crippen molar-refractivity contribution in [3.05, 3.63) is 77.1 Å². The van der Waals surface area contributed by atoms with E-state index in [1.54, 1.807) is 0 Å². The molecule has 0 amide bonds. The maximum atomic E-state index is 4.81. The van der Waals surface area contributed by atoms with Gasteiger partial charge in [0.1, 0.15) is 5.82 Å². The lowest BCUT2D eigenvalue weighted by Gasteiger charge is -2.09. The fraction of sp³-hybridized carbons (Fsp3) is 0.208. The molecular formula is C24H24N8. The van der Waals surface area contributed by atoms with E-state index < -0.39 is 0 Å². The second-order valence-corrected chi connectivity index (χ2v) is 7.70. The number of nitrogens with zero attached hydrogens (tertiary/aromatic N) is 6. The minimum atomic E-state index is 0.588. The number of hydrogen-bond donors (Lipinski definition) is 2. The van der Waals surface area contributed by atoms with Crippen LogP contribution in [-0.4, -0.2) is 42.3 Å². The van der Waals surface area contributed by atoms with Gasteiger partial charge in [-0.2, -0.15) is 10.3 Å². The van der Waals surface area contributed by atoms with Gasteiger partial charge in [0.25, 0.3) is 0 Å². The Balaban J connectivity index is 1.51. The van der Waals surface area contributed by atoms with Crippen molar-refractivity contribution in [2.45, 2.75) is 26.7 Å². The van der Waals surface area contributed by atoms with Crippen molar-refractivity contribution in [1.82, 2.24) is 35.2 Å². The van der Waals surface area contributed by atoms with Gasteiger partial charge < -0.3 is 5.32 Å². The number of aromatic nitrogens is 7. The highest BCUT2D eigenvalue weighted by Crippen LogP contribution is 2.30. The molecule has 160 valence electrons. The molecule has 8 heteroatoms. The second kappa shape index (κ2) is 8.22. The molecule has 0 saturated heterocycles. The first kappa shape index (κ1) is 19.9. The Hall–Kier alpha value is -4.07. The van der Waals surface area contributed by atoms with Crippen LogP contribution in [0.4, 0.5) is 5.82 Å². The van der Waals surface area contributed by atoms with E-state index in [9.17, 15) is 0 Å². The highest BCUT2D eigenvalue weighted by Gasteiger charge is 2.16. The highest BCUT2D eigenvalue weighted by atomic mass is 15.5. The van der Waals surface area contributed by atoms with Gasteiger partial charge in [0, 0.05) is 36.4 Å². The molecule has 3 aromatic heterocycles. The van der Waals surface area contributed by atoms with Crippen LogP contribution >= 0.6 is 0 Å². The quantitative estimate of drug-likeness (QED) is 0.426. The van der Waals surface area contributed by atoms with Crippen LogP contribution in [0, 0.1) is 6.92 Å². The SMILES string of the molecule is CCc1nn2c(C)cc(NC)nc2c1Cc1ccc(-c2ccccc2-c2nn[nH]n2)cc1. The lowest BCUT2D eigenvalue weighted by molar-refractivity contribution is 0.855. The summed E-state index contributed by atoms with van der Waals surface area (Å²) in [6.07, 6.45) is 1.64. The molecular weight excluding hydrogens is 400 g/mol. The van der Waals surface area contributed by atoms with Crippen molar-refractivity contribution in [3.63, 3.8) is 0 Å². The molecule has 0 fully saturated rings. The van der Waals surface area contributed by atoms with Crippen LogP contribution in [0.15, 0.2) is 54.6 Å². The standard InChI is InChI=1S/C24H24N8/c1-4-21-20(24-26-22(25-3)13-15(2)32(24)29-21)14-16-9-11-17(12-10-16)18-7-5-6-8-19(18)23-27-30-31-28-23/h5-13H,4,14H2,1-3H3,(H,25,26)(H,27,28,30,31). The molecule has 2 aromatic carbocycles. The van der Waals surface area contributed by atoms with Crippen molar-refractivity contribution in [2.24, 2.45) is 0 Å². The van der Waals surface area contributed by atoms with E-state index in [0.29, 0.717) is 5.82 Å². The summed E-state index contributed by atoms with van der Waals surface area (Å²) in [7, 11) is 1.89. The number of rotatable bonds is 6. The van der Waals surface area contributed by atoms with Gasteiger partial charge in [-0.15, -0.1) is 10.2 Å². The van der Waals surface area contributed by atoms with Crippen LogP contribution in [0.5, 0.6) is 0 Å². The van der Waals surface area contributed by atoms with Crippen LogP contribution in [0.3, 0.4) is 0 Å². The molecule has 3 heterocycles. The zero-order chi connectivity index (χ0) is 22.1. The van der Waals surface area contributed by atoms with Crippen molar-refractivity contribution < 1.29 is 0 Å². The molecule has 0 aliphatic carbocycles. The highest BCUT2D eigenvalue weighted by molar-refractivity contribution is 5.80. The molecule has 0 unspecified atom stereocenters. The third-order valence-electron chi connectivity index (χ3n) is 5.70. The second-order valence-electron chi connectivity index (χ2n) is 7.70. The summed E-state index contributed by atoms with van der Waals surface area (Å²) in [4.78, 5) is 4.79. The Morgan fingerprint density at radius 1 is 1.03 bits per heavy atom. The molecule has 5 rings (SSSR count). The number of H-pyrrole nitrogens is 1. The Labute approximate surface area is 185 Å². The first-order valence-electron chi connectivity index (χ1n) is 10.7. The summed E-state index contributed by atoms with van der Waals surface area (Å²) in [6, 6.07) is 18.7. The van der Waals surface area contributed by atoms with Gasteiger partial charge in [0.15, 0.2) is 5.65 Å². The maximum Gasteiger partial charge on any atom is 0.205 e. The molecule has 0 radical (unpaired) electrons. The predicted molar refractivity (Wildman–Crippen MR) is 125 cm³/mol. The molecule has 8 nitrogen and oxygen atoms in total. The monoisotopic (exact) mass is 424 g/mol. The smallest absolute Gasteiger partial charge is 0.205 e. The van der Waals surface area contributed by atoms with E-state index in [4.69, 9.17) is 10.1 Å². The lowest BCUT2D eigenvalue weighted by Crippen LogP contribution is -2.01. The average molecular weight is 425 g/mol. The predicted octanol–water partition coefficient (Wildman–Crippen LogP) is 4.08. The minimum Gasteiger partial charge on any atom is -0.373 e. The van der Waals surface area contributed by atoms with Gasteiger partial charge in [0.2, 0.25) is 5.82 Å². The topological polar surface area (TPSA) is 96.7 Å². The van der Waals surface area contributed by atoms with Crippen LogP contribution in [0.1, 0.15) is 29.4 Å². The van der Waals surface area contributed by atoms with E-state index in [1.165, 1.54) is 11.1 Å². The first-order chi connectivity index (χ1) is 15.7. The van der Waals surface area contributed by atoms with Gasteiger partial charge >= 0.3 is 0 Å². The van der Waals surface area contributed by atoms with E-state index in [0.717, 1.165) is 52.4 Å². The summed E-state index contributed by atoms with van der Waals surface area (Å²) in [5.41, 5.74) is 8.58. The van der Waals surface area contributed by atoms with Gasteiger partial charge in [-0.3, -0.25) is 0 Å². The third kappa shape index (κ3) is 3.49. The number of fused-ring (bicyclic) bond motifs is 1. The number of nitrogens with one attached hydrogen (secondary N) is 2. The van der Waals surface area contributed by atoms with Gasteiger partial charge in [-0.1, -0.05) is 55.5 Å². The number of benzene rings is 2. The van der Waals surface area contributed by atoms with Crippen LogP contribution < -0.4 is 5.32 Å². The maximum absolute atomic E-state index is 4.81. The summed E-state index contributed by atoms with van der Waals surface area (Å²) >= 11 is 0. The number of aryl methyl sites for hydroxylation is 2. The normalized spacial score (nSPS) is 11.2. The Kier molecular flexibility index (Phi) is 5.10. The van der Waals surface area contributed by atoms with Crippen LogP contribution in [0.2, 0.25) is 0 Å². The zero-order valence-electron chi connectivity index (χ0n) is 18.3. The van der Waals surface area contributed by atoms with E-state index in [1.807, 2.05) is 35.8 Å². The van der Waals surface area contributed by atoms with Crippen molar-refractivity contribution in [2.75, 3.05) is 12.4 Å². The molecule has 0 aliphatic rings. The third-order valence-corrected chi connectivity index (χ3v) is 5.70. The summed E-state index contributed by atoms with van der Waals surface area (Å²) in [6.45, 7) is 4.19. The molecule has 0 aliphatic heterocycles.